The van der Waals surface area contributed by atoms with Crippen molar-refractivity contribution in [2.75, 3.05) is 13.2 Å². The SMILES string of the molecule is Cc1cc(C=CCNC(=O)OCC2c3ccccc3-c3ccccc32)c(F)cc1F. The highest BCUT2D eigenvalue weighted by molar-refractivity contribution is 5.79. The van der Waals surface area contributed by atoms with E-state index in [4.69, 9.17) is 4.74 Å². The van der Waals surface area contributed by atoms with Crippen LogP contribution >= 0.6 is 0 Å². The molecule has 1 amide bonds. The molecule has 0 bridgehead atoms. The highest BCUT2D eigenvalue weighted by Gasteiger charge is 2.28. The quantitative estimate of drug-likeness (QED) is 0.580. The third kappa shape index (κ3) is 3.96. The van der Waals surface area contributed by atoms with Crippen molar-refractivity contribution in [2.24, 2.45) is 0 Å². The molecule has 1 aliphatic carbocycles. The number of carbonyl (C=O) groups excluding carboxylic acids is 1. The molecule has 0 aromatic heterocycles. The van der Waals surface area contributed by atoms with Crippen LogP contribution in [0.1, 0.15) is 28.2 Å². The molecule has 0 aliphatic heterocycles. The Morgan fingerprint density at radius 1 is 1.00 bits per heavy atom. The van der Waals surface area contributed by atoms with E-state index in [1.165, 1.54) is 23.3 Å². The Morgan fingerprint density at radius 3 is 2.30 bits per heavy atom. The van der Waals surface area contributed by atoms with Crippen LogP contribution in [0.15, 0.2) is 66.7 Å². The second kappa shape index (κ2) is 8.49. The van der Waals surface area contributed by atoms with E-state index in [2.05, 4.69) is 29.6 Å². The number of ether oxygens (including phenoxy) is 1. The second-order valence-electron chi connectivity index (χ2n) is 7.23. The molecule has 0 heterocycles. The molecule has 4 rings (SSSR count). The third-order valence-electron chi connectivity index (χ3n) is 5.28. The highest BCUT2D eigenvalue weighted by atomic mass is 19.1. The first-order valence-electron chi connectivity index (χ1n) is 9.75. The van der Waals surface area contributed by atoms with E-state index in [9.17, 15) is 13.6 Å². The largest absolute Gasteiger partial charge is 0.449 e. The van der Waals surface area contributed by atoms with E-state index < -0.39 is 17.7 Å². The van der Waals surface area contributed by atoms with Gasteiger partial charge in [-0.1, -0.05) is 60.7 Å². The predicted molar refractivity (Wildman–Crippen MR) is 113 cm³/mol. The standard InChI is InChI=1S/C25H21F2NO2/c1-16-13-17(24(27)14-23(16)26)7-6-12-28-25(29)30-15-22-20-10-4-2-8-18(20)19-9-3-5-11-21(19)22/h2-11,13-14,22H,12,15H2,1H3,(H,28,29). The fourth-order valence-electron chi connectivity index (χ4n) is 3.78. The van der Waals surface area contributed by atoms with Crippen molar-refractivity contribution in [1.29, 1.82) is 0 Å². The number of aryl methyl sites for hydroxylation is 1. The van der Waals surface area contributed by atoms with Gasteiger partial charge in [0.15, 0.2) is 0 Å². The number of rotatable bonds is 5. The van der Waals surface area contributed by atoms with Crippen molar-refractivity contribution in [2.45, 2.75) is 12.8 Å². The summed E-state index contributed by atoms with van der Waals surface area (Å²) < 4.78 is 32.5. The molecule has 0 unspecified atom stereocenters. The molecule has 0 saturated carbocycles. The summed E-state index contributed by atoms with van der Waals surface area (Å²) in [5.41, 5.74) is 5.26. The lowest BCUT2D eigenvalue weighted by molar-refractivity contribution is 0.144. The number of fused-ring (bicyclic) bond motifs is 3. The molecule has 152 valence electrons. The molecular formula is C25H21F2NO2. The van der Waals surface area contributed by atoms with E-state index in [1.54, 1.807) is 13.0 Å². The molecule has 0 fully saturated rings. The van der Waals surface area contributed by atoms with Gasteiger partial charge in [0.25, 0.3) is 0 Å². The average Bonchev–Trinajstić information content (AvgIpc) is 3.07. The van der Waals surface area contributed by atoms with Crippen molar-refractivity contribution >= 4 is 12.2 Å². The highest BCUT2D eigenvalue weighted by Crippen LogP contribution is 2.44. The molecule has 0 radical (unpaired) electrons. The van der Waals surface area contributed by atoms with E-state index >= 15 is 0 Å². The maximum Gasteiger partial charge on any atom is 0.407 e. The van der Waals surface area contributed by atoms with Gasteiger partial charge < -0.3 is 10.1 Å². The van der Waals surface area contributed by atoms with E-state index in [0.29, 0.717) is 5.56 Å². The monoisotopic (exact) mass is 405 g/mol. The minimum Gasteiger partial charge on any atom is -0.449 e. The number of nitrogens with one attached hydrogen (secondary N) is 1. The van der Waals surface area contributed by atoms with Crippen molar-refractivity contribution < 1.29 is 18.3 Å². The number of hydrogen-bond donors (Lipinski definition) is 1. The van der Waals surface area contributed by atoms with Crippen LogP contribution in [0.2, 0.25) is 0 Å². The molecular weight excluding hydrogens is 384 g/mol. The Bertz CT molecular complexity index is 1080. The molecule has 3 nitrogen and oxygen atoms in total. The third-order valence-corrected chi connectivity index (χ3v) is 5.28. The van der Waals surface area contributed by atoms with Crippen LogP contribution in [0, 0.1) is 18.6 Å². The van der Waals surface area contributed by atoms with Gasteiger partial charge in [-0.05, 0) is 40.8 Å². The first-order valence-corrected chi connectivity index (χ1v) is 9.75. The second-order valence-corrected chi connectivity index (χ2v) is 7.23. The normalized spacial score (nSPS) is 12.6. The molecule has 30 heavy (non-hydrogen) atoms. The summed E-state index contributed by atoms with van der Waals surface area (Å²) in [5, 5.41) is 2.63. The van der Waals surface area contributed by atoms with Gasteiger partial charge in [0, 0.05) is 24.1 Å². The topological polar surface area (TPSA) is 38.3 Å². The number of alkyl carbamates (subject to hydrolysis) is 1. The van der Waals surface area contributed by atoms with Crippen LogP contribution in [0.25, 0.3) is 17.2 Å². The Kier molecular flexibility index (Phi) is 5.61. The minimum atomic E-state index is -0.643. The molecule has 1 aliphatic rings. The lowest BCUT2D eigenvalue weighted by Gasteiger charge is -2.14. The summed E-state index contributed by atoms with van der Waals surface area (Å²) in [4.78, 5) is 12.1. The van der Waals surface area contributed by atoms with Gasteiger partial charge in [0.05, 0.1) is 0 Å². The zero-order chi connectivity index (χ0) is 21.1. The van der Waals surface area contributed by atoms with Gasteiger partial charge in [-0.3, -0.25) is 0 Å². The van der Waals surface area contributed by atoms with Crippen molar-refractivity contribution in [1.82, 2.24) is 5.32 Å². The zero-order valence-corrected chi connectivity index (χ0v) is 16.5. The fraction of sp³-hybridized carbons (Fsp3) is 0.160. The molecule has 3 aromatic carbocycles. The average molecular weight is 405 g/mol. The summed E-state index contributed by atoms with van der Waals surface area (Å²) in [6.07, 6.45) is 2.56. The van der Waals surface area contributed by atoms with Crippen LogP contribution in [-0.2, 0) is 4.74 Å². The maximum atomic E-state index is 13.7. The summed E-state index contributed by atoms with van der Waals surface area (Å²) >= 11 is 0. The van der Waals surface area contributed by atoms with Crippen molar-refractivity contribution in [3.63, 3.8) is 0 Å². The molecule has 0 atom stereocenters. The van der Waals surface area contributed by atoms with Crippen LogP contribution in [-0.4, -0.2) is 19.2 Å². The molecule has 0 saturated heterocycles. The number of benzene rings is 3. The van der Waals surface area contributed by atoms with E-state index in [-0.39, 0.29) is 24.6 Å². The summed E-state index contributed by atoms with van der Waals surface area (Å²) in [7, 11) is 0. The van der Waals surface area contributed by atoms with Gasteiger partial charge in [-0.25, -0.2) is 13.6 Å². The number of carbonyl (C=O) groups is 1. The lowest BCUT2D eigenvalue weighted by atomic mass is 9.98. The first-order chi connectivity index (χ1) is 14.5. The van der Waals surface area contributed by atoms with Crippen LogP contribution in [0.5, 0.6) is 0 Å². The molecule has 3 aromatic rings. The molecule has 1 N–H and O–H groups in total. The summed E-state index contributed by atoms with van der Waals surface area (Å²) in [6, 6.07) is 18.5. The van der Waals surface area contributed by atoms with Gasteiger partial charge >= 0.3 is 6.09 Å². The Balaban J connectivity index is 1.34. The summed E-state index contributed by atoms with van der Waals surface area (Å²) in [6.45, 7) is 1.98. The number of amides is 1. The van der Waals surface area contributed by atoms with Crippen LogP contribution < -0.4 is 5.32 Å². The van der Waals surface area contributed by atoms with Gasteiger partial charge in [-0.2, -0.15) is 0 Å². The van der Waals surface area contributed by atoms with Gasteiger partial charge in [0.1, 0.15) is 18.2 Å². The maximum absolute atomic E-state index is 13.7. The minimum absolute atomic E-state index is 0.00465. The smallest absolute Gasteiger partial charge is 0.407 e. The first kappa shape index (κ1) is 19.8. The number of hydrogen-bond acceptors (Lipinski definition) is 2. The van der Waals surface area contributed by atoms with Gasteiger partial charge in [-0.15, -0.1) is 0 Å². The Labute approximate surface area is 174 Å². The van der Waals surface area contributed by atoms with Crippen LogP contribution in [0.3, 0.4) is 0 Å². The molecule has 0 spiro atoms. The zero-order valence-electron chi connectivity index (χ0n) is 16.5. The number of halogens is 2. The van der Waals surface area contributed by atoms with Crippen molar-refractivity contribution in [3.05, 3.63) is 101 Å². The molecule has 5 heteroatoms. The predicted octanol–water partition coefficient (Wildman–Crippen LogP) is 5.83. The Hall–Kier alpha value is -3.47. The van der Waals surface area contributed by atoms with E-state index in [0.717, 1.165) is 17.2 Å². The summed E-state index contributed by atoms with van der Waals surface area (Å²) in [5.74, 6) is -1.23. The van der Waals surface area contributed by atoms with Gasteiger partial charge in [0.2, 0.25) is 0 Å². The fourth-order valence-corrected chi connectivity index (χ4v) is 3.78. The lowest BCUT2D eigenvalue weighted by Crippen LogP contribution is -2.26. The van der Waals surface area contributed by atoms with Crippen LogP contribution in [0.4, 0.5) is 13.6 Å². The van der Waals surface area contributed by atoms with Crippen molar-refractivity contribution in [3.8, 4) is 11.1 Å². The Morgan fingerprint density at radius 2 is 1.63 bits per heavy atom. The van der Waals surface area contributed by atoms with E-state index in [1.807, 2.05) is 24.3 Å².